The molecular formula is C46H29N3. The minimum absolute atomic E-state index is 0.0449. The van der Waals surface area contributed by atoms with Gasteiger partial charge in [-0.3, -0.25) is 0 Å². The van der Waals surface area contributed by atoms with Crippen LogP contribution in [-0.2, 0) is 0 Å². The molecule has 0 spiro atoms. The van der Waals surface area contributed by atoms with Crippen LogP contribution in [0.4, 0.5) is 0 Å². The molecule has 0 aliphatic heterocycles. The topological polar surface area (TPSA) is 30.7 Å². The number of nitrogens with zero attached hydrogens (tertiary/aromatic N) is 3. The highest BCUT2D eigenvalue weighted by Gasteiger charge is 2.17. The number of rotatable bonds is 4. The van der Waals surface area contributed by atoms with Crippen LogP contribution in [0.3, 0.4) is 0 Å². The van der Waals surface area contributed by atoms with Crippen molar-refractivity contribution < 1.29 is 6.85 Å². The van der Waals surface area contributed by atoms with Gasteiger partial charge in [-0.15, -0.1) is 0 Å². The van der Waals surface area contributed by atoms with Gasteiger partial charge >= 0.3 is 0 Å². The molecule has 228 valence electrons. The minimum atomic E-state index is -0.444. The lowest BCUT2D eigenvalue weighted by atomic mass is 10.0. The molecule has 0 aliphatic rings. The Morgan fingerprint density at radius 3 is 1.98 bits per heavy atom. The first kappa shape index (κ1) is 22.9. The highest BCUT2D eigenvalue weighted by molar-refractivity contribution is 6.23. The molecular weight excluding hydrogens is 595 g/mol. The van der Waals surface area contributed by atoms with Gasteiger partial charge in [-0.05, 0) is 87.3 Å². The molecule has 0 bridgehead atoms. The predicted molar refractivity (Wildman–Crippen MR) is 205 cm³/mol. The minimum Gasteiger partial charge on any atom is -0.309 e. The lowest BCUT2D eigenvalue weighted by molar-refractivity contribution is 1.18. The number of hydrogen-bond acceptors (Lipinski definition) is 2. The fourth-order valence-corrected chi connectivity index (χ4v) is 7.14. The molecule has 3 nitrogen and oxygen atoms in total. The molecule has 0 fully saturated rings. The Balaban J connectivity index is 1.19. The summed E-state index contributed by atoms with van der Waals surface area (Å²) < 4.78 is 44.9. The Morgan fingerprint density at radius 1 is 0.449 bits per heavy atom. The zero-order valence-electron chi connectivity index (χ0n) is 31.2. The van der Waals surface area contributed by atoms with E-state index in [-0.39, 0.29) is 23.3 Å². The predicted octanol–water partition coefficient (Wildman–Crippen LogP) is 12.0. The van der Waals surface area contributed by atoms with Crippen molar-refractivity contribution >= 4 is 54.3 Å². The molecule has 0 radical (unpaired) electrons. The Labute approximate surface area is 290 Å². The van der Waals surface area contributed by atoms with Gasteiger partial charge in [0.05, 0.1) is 29.1 Å². The molecule has 10 aromatic rings. The van der Waals surface area contributed by atoms with Gasteiger partial charge in [-0.1, -0.05) is 121 Å². The van der Waals surface area contributed by atoms with Crippen molar-refractivity contribution in [1.82, 2.24) is 14.5 Å². The van der Waals surface area contributed by atoms with Crippen molar-refractivity contribution in [3.8, 4) is 39.5 Å². The molecule has 0 aliphatic carbocycles. The van der Waals surface area contributed by atoms with Gasteiger partial charge in [-0.2, -0.15) is 0 Å². The fraction of sp³-hybridized carbons (Fsp3) is 0. The standard InChI is InChI=1S/C46H29N3/c1-3-11-30(12-4-1)36-21-25-39-41(28-36)47-46(48-45(39)32-14-5-2-6-15-32)33-19-23-37(24-20-33)49-42-26-22-31-13-9-10-18-38(31)44(42)40-27-34-16-7-8-17-35(34)29-43(40)49/h1-29H/i2D,5D,6D,14D,15D. The molecule has 0 N–H and O–H groups in total. The first-order chi connectivity index (χ1) is 26.4. The number of fused-ring (bicyclic) bond motifs is 7. The molecule has 0 amide bonds. The van der Waals surface area contributed by atoms with Gasteiger partial charge in [0.2, 0.25) is 0 Å². The summed E-state index contributed by atoms with van der Waals surface area (Å²) in [6.07, 6.45) is 0. The van der Waals surface area contributed by atoms with Crippen LogP contribution in [0.2, 0.25) is 0 Å². The van der Waals surface area contributed by atoms with Gasteiger partial charge in [0.25, 0.3) is 0 Å². The molecule has 49 heavy (non-hydrogen) atoms. The van der Waals surface area contributed by atoms with Gasteiger partial charge in [0.15, 0.2) is 5.82 Å². The summed E-state index contributed by atoms with van der Waals surface area (Å²) in [6.45, 7) is 0. The maximum atomic E-state index is 8.80. The van der Waals surface area contributed by atoms with Crippen LogP contribution in [-0.4, -0.2) is 14.5 Å². The number of aromatic nitrogens is 3. The second-order valence-electron chi connectivity index (χ2n) is 12.3. The van der Waals surface area contributed by atoms with Crippen LogP contribution >= 0.6 is 0 Å². The van der Waals surface area contributed by atoms with Crippen LogP contribution in [0.25, 0.3) is 93.7 Å². The Morgan fingerprint density at radius 2 is 1.16 bits per heavy atom. The number of hydrogen-bond donors (Lipinski definition) is 0. The average molecular weight is 629 g/mol. The van der Waals surface area contributed by atoms with E-state index in [2.05, 4.69) is 89.5 Å². The van der Waals surface area contributed by atoms with Crippen LogP contribution < -0.4 is 0 Å². The summed E-state index contributed by atoms with van der Waals surface area (Å²) in [4.78, 5) is 9.98. The van der Waals surface area contributed by atoms with Crippen LogP contribution in [0, 0.1) is 0 Å². The van der Waals surface area contributed by atoms with E-state index in [4.69, 9.17) is 16.8 Å². The molecule has 2 heterocycles. The van der Waals surface area contributed by atoms with E-state index in [0.717, 1.165) is 38.8 Å². The highest BCUT2D eigenvalue weighted by Crippen LogP contribution is 2.39. The second-order valence-corrected chi connectivity index (χ2v) is 12.3. The molecule has 0 atom stereocenters. The largest absolute Gasteiger partial charge is 0.309 e. The molecule has 8 aromatic carbocycles. The first-order valence-electron chi connectivity index (χ1n) is 18.8. The Hall–Kier alpha value is -6.58. The third-order valence-electron chi connectivity index (χ3n) is 9.45. The number of benzene rings is 8. The van der Waals surface area contributed by atoms with Gasteiger partial charge in [0, 0.05) is 33.0 Å². The van der Waals surface area contributed by atoms with Crippen molar-refractivity contribution in [3.63, 3.8) is 0 Å². The van der Waals surface area contributed by atoms with E-state index >= 15 is 0 Å². The van der Waals surface area contributed by atoms with Crippen molar-refractivity contribution in [1.29, 1.82) is 0 Å². The van der Waals surface area contributed by atoms with Crippen LogP contribution in [0.15, 0.2) is 176 Å². The summed E-state index contributed by atoms with van der Waals surface area (Å²) in [7, 11) is 0. The van der Waals surface area contributed by atoms with Crippen molar-refractivity contribution in [2.24, 2.45) is 0 Å². The Bertz CT molecular complexity index is 3130. The molecule has 0 saturated carbocycles. The average Bonchev–Trinajstić information content (AvgIpc) is 3.55. The molecule has 0 saturated heterocycles. The quantitative estimate of drug-likeness (QED) is 0.194. The lowest BCUT2D eigenvalue weighted by Gasteiger charge is -2.12. The van der Waals surface area contributed by atoms with Crippen molar-refractivity contribution in [2.45, 2.75) is 0 Å². The summed E-state index contributed by atoms with van der Waals surface area (Å²) >= 11 is 0. The lowest BCUT2D eigenvalue weighted by Crippen LogP contribution is -1.97. The SMILES string of the molecule is [2H]c1c([2H])c([2H])c(-c2nc(-c3ccc(-n4c5cc6ccccc6cc5c5c6ccccc6ccc54)cc3)nc3cc(-c4ccccc4)ccc23)c([2H])c1[2H]. The van der Waals surface area contributed by atoms with E-state index < -0.39 is 18.1 Å². The van der Waals surface area contributed by atoms with Gasteiger partial charge in [0.1, 0.15) is 0 Å². The third-order valence-corrected chi connectivity index (χ3v) is 9.45. The van der Waals surface area contributed by atoms with Crippen LogP contribution in [0.5, 0.6) is 0 Å². The summed E-state index contributed by atoms with van der Waals surface area (Å²) in [5.41, 5.74) is 6.81. The van der Waals surface area contributed by atoms with Gasteiger partial charge in [-0.25, -0.2) is 9.97 Å². The molecule has 10 rings (SSSR count). The maximum Gasteiger partial charge on any atom is 0.160 e. The summed E-state index contributed by atoms with van der Waals surface area (Å²) in [5.74, 6) is 0.389. The summed E-state index contributed by atoms with van der Waals surface area (Å²) in [6, 6.07) is 47.9. The van der Waals surface area contributed by atoms with E-state index in [0.29, 0.717) is 16.7 Å². The molecule has 3 heteroatoms. The van der Waals surface area contributed by atoms with E-state index in [9.17, 15) is 0 Å². The zero-order chi connectivity index (χ0) is 36.7. The monoisotopic (exact) mass is 628 g/mol. The van der Waals surface area contributed by atoms with E-state index in [1.165, 1.54) is 26.9 Å². The normalized spacial score (nSPS) is 13.1. The van der Waals surface area contributed by atoms with Crippen LogP contribution in [0.1, 0.15) is 6.85 Å². The first-order valence-corrected chi connectivity index (χ1v) is 16.3. The van der Waals surface area contributed by atoms with Crippen molar-refractivity contribution in [3.05, 3.63) is 176 Å². The summed E-state index contributed by atoms with van der Waals surface area (Å²) in [5, 5.41) is 7.71. The van der Waals surface area contributed by atoms with E-state index in [1.807, 2.05) is 60.7 Å². The van der Waals surface area contributed by atoms with E-state index in [1.54, 1.807) is 0 Å². The maximum absolute atomic E-state index is 8.80. The second kappa shape index (κ2) is 11.0. The third kappa shape index (κ3) is 4.51. The van der Waals surface area contributed by atoms with Crippen molar-refractivity contribution in [2.75, 3.05) is 0 Å². The molecule has 0 unspecified atom stereocenters. The smallest absolute Gasteiger partial charge is 0.160 e. The molecule has 2 aromatic heterocycles. The van der Waals surface area contributed by atoms with Gasteiger partial charge < -0.3 is 4.57 Å². The highest BCUT2D eigenvalue weighted by atomic mass is 15.0. The zero-order valence-corrected chi connectivity index (χ0v) is 26.2. The fourth-order valence-electron chi connectivity index (χ4n) is 7.14. The Kier molecular flexibility index (Phi) is 5.13.